The van der Waals surface area contributed by atoms with E-state index in [1.54, 1.807) is 6.07 Å². The van der Waals surface area contributed by atoms with Gasteiger partial charge < -0.3 is 4.74 Å². The van der Waals surface area contributed by atoms with Crippen LogP contribution in [0.1, 0.15) is 39.9 Å². The Morgan fingerprint density at radius 3 is 2.38 bits per heavy atom. The quantitative estimate of drug-likeness (QED) is 0.461. The van der Waals surface area contributed by atoms with Crippen LogP contribution in [0.3, 0.4) is 0 Å². The van der Waals surface area contributed by atoms with Crippen molar-refractivity contribution < 1.29 is 23.1 Å². The predicted octanol–water partition coefficient (Wildman–Crippen LogP) is 4.46. The van der Waals surface area contributed by atoms with E-state index >= 15 is 0 Å². The molecule has 24 heavy (non-hydrogen) atoms. The zero-order valence-electron chi connectivity index (χ0n) is 13.8. The van der Waals surface area contributed by atoms with E-state index in [0.717, 1.165) is 28.8 Å². The predicted molar refractivity (Wildman–Crippen MR) is 86.2 cm³/mol. The van der Waals surface area contributed by atoms with E-state index in [1.165, 1.54) is 0 Å². The number of ketones is 1. The van der Waals surface area contributed by atoms with Crippen LogP contribution >= 0.6 is 0 Å². The lowest BCUT2D eigenvalue weighted by atomic mass is 10.1. The second kappa shape index (κ2) is 7.34. The van der Waals surface area contributed by atoms with Crippen LogP contribution in [0.5, 0.6) is 5.75 Å². The molecule has 126 valence electrons. The third-order valence-corrected chi connectivity index (χ3v) is 3.78. The van der Waals surface area contributed by atoms with Crippen molar-refractivity contribution in [1.82, 2.24) is 0 Å². The van der Waals surface area contributed by atoms with Gasteiger partial charge >= 0.3 is 5.97 Å². The summed E-state index contributed by atoms with van der Waals surface area (Å²) in [6, 6.07) is 6.46. The molecule has 0 unspecified atom stereocenters. The first-order chi connectivity index (χ1) is 11.3. The average Bonchev–Trinajstić information content (AvgIpc) is 2.49. The summed E-state index contributed by atoms with van der Waals surface area (Å²) in [5, 5.41) is 0. The molecule has 0 N–H and O–H groups in total. The van der Waals surface area contributed by atoms with Crippen molar-refractivity contribution >= 4 is 11.8 Å². The van der Waals surface area contributed by atoms with Gasteiger partial charge in [0.1, 0.15) is 17.4 Å². The van der Waals surface area contributed by atoms with Crippen LogP contribution < -0.4 is 4.74 Å². The number of halogens is 2. The minimum Gasteiger partial charge on any atom is -0.426 e. The number of Topliss-reactive ketones (excluding diaryl/α,β-unsaturated/α-hetero) is 1. The van der Waals surface area contributed by atoms with Crippen LogP contribution in [-0.4, -0.2) is 11.8 Å². The molecule has 0 bridgehead atoms. The van der Waals surface area contributed by atoms with E-state index in [-0.39, 0.29) is 18.4 Å². The maximum absolute atomic E-state index is 13.5. The van der Waals surface area contributed by atoms with Gasteiger partial charge in [-0.25, -0.2) is 8.78 Å². The summed E-state index contributed by atoms with van der Waals surface area (Å²) in [6.07, 6.45) is -0.382. The Morgan fingerprint density at radius 1 is 1.00 bits per heavy atom. The Morgan fingerprint density at radius 2 is 1.71 bits per heavy atom. The Balaban J connectivity index is 2.00. The summed E-state index contributed by atoms with van der Waals surface area (Å²) in [6.45, 7) is 5.65. The van der Waals surface area contributed by atoms with Crippen LogP contribution in [0.25, 0.3) is 0 Å². The maximum atomic E-state index is 13.5. The molecule has 0 atom stereocenters. The standard InChI is InChI=1S/C19H18F2O3/c1-11-8-12(2)13(3)18(9-11)24-19(23)7-6-17(22)15-5-4-14(20)10-16(15)21/h4-5,8-10H,6-7H2,1-3H3. The van der Waals surface area contributed by atoms with Gasteiger partial charge in [0.05, 0.1) is 12.0 Å². The van der Waals surface area contributed by atoms with Gasteiger partial charge in [0.2, 0.25) is 0 Å². The lowest BCUT2D eigenvalue weighted by Gasteiger charge is -2.11. The van der Waals surface area contributed by atoms with E-state index in [0.29, 0.717) is 11.8 Å². The molecular formula is C19H18F2O3. The Hall–Kier alpha value is -2.56. The SMILES string of the molecule is Cc1cc(C)c(C)c(OC(=O)CCC(=O)c2ccc(F)cc2F)c1. The number of hydrogen-bond donors (Lipinski definition) is 0. The number of esters is 1. The van der Waals surface area contributed by atoms with E-state index in [2.05, 4.69) is 0 Å². The minimum absolute atomic E-state index is 0.178. The zero-order chi connectivity index (χ0) is 17.9. The van der Waals surface area contributed by atoms with Gasteiger partial charge in [-0.2, -0.15) is 0 Å². The summed E-state index contributed by atoms with van der Waals surface area (Å²) in [4.78, 5) is 23.9. The highest BCUT2D eigenvalue weighted by Gasteiger charge is 2.16. The smallest absolute Gasteiger partial charge is 0.311 e. The van der Waals surface area contributed by atoms with Crippen molar-refractivity contribution in [3.63, 3.8) is 0 Å². The normalized spacial score (nSPS) is 10.5. The first-order valence-corrected chi connectivity index (χ1v) is 7.54. The monoisotopic (exact) mass is 332 g/mol. The van der Waals surface area contributed by atoms with Crippen molar-refractivity contribution in [1.29, 1.82) is 0 Å². The molecule has 2 aromatic rings. The number of rotatable bonds is 5. The molecule has 0 spiro atoms. The van der Waals surface area contributed by atoms with Gasteiger partial charge in [-0.15, -0.1) is 0 Å². The molecule has 0 fully saturated rings. The molecule has 0 saturated carbocycles. The average molecular weight is 332 g/mol. The molecular weight excluding hydrogens is 314 g/mol. The number of aryl methyl sites for hydroxylation is 2. The van der Waals surface area contributed by atoms with Crippen LogP contribution in [-0.2, 0) is 4.79 Å². The van der Waals surface area contributed by atoms with Crippen molar-refractivity contribution in [3.05, 3.63) is 64.2 Å². The van der Waals surface area contributed by atoms with Gasteiger partial charge in [0.25, 0.3) is 0 Å². The highest BCUT2D eigenvalue weighted by atomic mass is 19.1. The second-order valence-electron chi connectivity index (χ2n) is 5.73. The van der Waals surface area contributed by atoms with Crippen molar-refractivity contribution in [2.45, 2.75) is 33.6 Å². The number of carbonyl (C=O) groups is 2. The second-order valence-corrected chi connectivity index (χ2v) is 5.73. The highest BCUT2D eigenvalue weighted by Crippen LogP contribution is 2.24. The van der Waals surface area contributed by atoms with Gasteiger partial charge in [-0.3, -0.25) is 9.59 Å². The number of carbonyl (C=O) groups excluding carboxylic acids is 2. The minimum atomic E-state index is -0.932. The van der Waals surface area contributed by atoms with Crippen molar-refractivity contribution in [2.24, 2.45) is 0 Å². The molecule has 0 aliphatic carbocycles. The number of ether oxygens (including phenoxy) is 1. The molecule has 0 radical (unpaired) electrons. The largest absolute Gasteiger partial charge is 0.426 e. The lowest BCUT2D eigenvalue weighted by molar-refractivity contribution is -0.134. The third kappa shape index (κ3) is 4.25. The van der Waals surface area contributed by atoms with Gasteiger partial charge in [0.15, 0.2) is 5.78 Å². The summed E-state index contributed by atoms with van der Waals surface area (Å²) < 4.78 is 31.7. The van der Waals surface area contributed by atoms with Gasteiger partial charge in [-0.1, -0.05) is 6.07 Å². The highest BCUT2D eigenvalue weighted by molar-refractivity contribution is 5.97. The number of benzene rings is 2. The fraction of sp³-hybridized carbons (Fsp3) is 0.263. The van der Waals surface area contributed by atoms with Crippen molar-refractivity contribution in [2.75, 3.05) is 0 Å². The zero-order valence-corrected chi connectivity index (χ0v) is 13.8. The van der Waals surface area contributed by atoms with Gasteiger partial charge in [-0.05, 0) is 55.7 Å². The first kappa shape index (κ1) is 17.8. The summed E-state index contributed by atoms with van der Waals surface area (Å²) in [5.41, 5.74) is 2.59. The topological polar surface area (TPSA) is 43.4 Å². The lowest BCUT2D eigenvalue weighted by Crippen LogP contribution is -2.12. The van der Waals surface area contributed by atoms with Crippen molar-refractivity contribution in [3.8, 4) is 5.75 Å². The molecule has 3 nitrogen and oxygen atoms in total. The molecule has 2 aromatic carbocycles. The first-order valence-electron chi connectivity index (χ1n) is 7.54. The third-order valence-electron chi connectivity index (χ3n) is 3.78. The van der Waals surface area contributed by atoms with Gasteiger partial charge in [0, 0.05) is 12.5 Å². The van der Waals surface area contributed by atoms with E-state index < -0.39 is 23.4 Å². The van der Waals surface area contributed by atoms with Crippen LogP contribution in [0.4, 0.5) is 8.78 Å². The Labute approximate surface area is 139 Å². The van der Waals surface area contributed by atoms with Crippen LogP contribution in [0, 0.1) is 32.4 Å². The fourth-order valence-corrected chi connectivity index (χ4v) is 2.35. The molecule has 2 rings (SSSR count). The molecule has 0 saturated heterocycles. The van der Waals surface area contributed by atoms with E-state index in [1.807, 2.05) is 26.8 Å². The fourth-order valence-electron chi connectivity index (χ4n) is 2.35. The van der Waals surface area contributed by atoms with E-state index in [9.17, 15) is 18.4 Å². The number of hydrogen-bond acceptors (Lipinski definition) is 3. The molecule has 0 aliphatic heterocycles. The molecule has 0 amide bonds. The van der Waals surface area contributed by atoms with Crippen LogP contribution in [0.15, 0.2) is 30.3 Å². The van der Waals surface area contributed by atoms with Crippen LogP contribution in [0.2, 0.25) is 0 Å². The molecule has 0 aliphatic rings. The summed E-state index contributed by atoms with van der Waals surface area (Å²) >= 11 is 0. The Bertz CT molecular complexity index is 797. The summed E-state index contributed by atoms with van der Waals surface area (Å²) in [7, 11) is 0. The Kier molecular flexibility index (Phi) is 5.44. The molecule has 0 heterocycles. The summed E-state index contributed by atoms with van der Waals surface area (Å²) in [5.74, 6) is -2.37. The van der Waals surface area contributed by atoms with E-state index in [4.69, 9.17) is 4.74 Å². The molecule has 5 heteroatoms. The maximum Gasteiger partial charge on any atom is 0.311 e. The molecule has 0 aromatic heterocycles.